The molecule has 0 spiro atoms. The summed E-state index contributed by atoms with van der Waals surface area (Å²) in [7, 11) is 0. The number of hydrogen-bond acceptors (Lipinski definition) is 3. The molecule has 0 atom stereocenters. The van der Waals surface area contributed by atoms with E-state index in [-0.39, 0.29) is 12.3 Å². The molecule has 0 aliphatic carbocycles. The van der Waals surface area contributed by atoms with Crippen molar-refractivity contribution < 1.29 is 9.21 Å². The summed E-state index contributed by atoms with van der Waals surface area (Å²) in [5.41, 5.74) is 2.92. The fourth-order valence-electron chi connectivity index (χ4n) is 2.32. The second-order valence-electron chi connectivity index (χ2n) is 4.90. The second-order valence-corrected chi connectivity index (χ2v) is 4.90. The molecular formula is C17H15NO3. The van der Waals surface area contributed by atoms with Gasteiger partial charge in [0.15, 0.2) is 11.4 Å². The number of hydrogen-bond donors (Lipinski definition) is 0. The van der Waals surface area contributed by atoms with E-state index in [9.17, 15) is 9.59 Å². The SMILES string of the molecule is CCc1ccc(C(=O)Cn2c(=O)oc3ccccc32)cc1. The molecular weight excluding hydrogens is 266 g/mol. The van der Waals surface area contributed by atoms with Crippen molar-refractivity contribution >= 4 is 16.9 Å². The van der Waals surface area contributed by atoms with Crippen LogP contribution in [0.4, 0.5) is 0 Å². The van der Waals surface area contributed by atoms with Crippen molar-refractivity contribution in [3.63, 3.8) is 0 Å². The van der Waals surface area contributed by atoms with Gasteiger partial charge in [-0.2, -0.15) is 0 Å². The van der Waals surface area contributed by atoms with Gasteiger partial charge in [-0.1, -0.05) is 43.3 Å². The Morgan fingerprint density at radius 3 is 2.52 bits per heavy atom. The first-order valence-electron chi connectivity index (χ1n) is 6.89. The minimum absolute atomic E-state index is 0.0126. The maximum Gasteiger partial charge on any atom is 0.420 e. The van der Waals surface area contributed by atoms with Gasteiger partial charge < -0.3 is 4.42 Å². The lowest BCUT2D eigenvalue weighted by atomic mass is 10.1. The highest BCUT2D eigenvalue weighted by atomic mass is 16.4. The molecule has 2 aromatic carbocycles. The molecule has 106 valence electrons. The van der Waals surface area contributed by atoms with Gasteiger partial charge in [-0.25, -0.2) is 4.79 Å². The molecule has 0 radical (unpaired) electrons. The summed E-state index contributed by atoms with van der Waals surface area (Å²) in [5, 5.41) is 0. The van der Waals surface area contributed by atoms with Crippen LogP contribution in [0.1, 0.15) is 22.8 Å². The van der Waals surface area contributed by atoms with Crippen LogP contribution in [-0.2, 0) is 13.0 Å². The van der Waals surface area contributed by atoms with E-state index in [0.29, 0.717) is 16.7 Å². The second kappa shape index (κ2) is 5.40. The largest absolute Gasteiger partial charge is 0.420 e. The Balaban J connectivity index is 1.92. The number of ketones is 1. The highest BCUT2D eigenvalue weighted by Gasteiger charge is 2.13. The van der Waals surface area contributed by atoms with Crippen molar-refractivity contribution in [3.05, 3.63) is 70.2 Å². The van der Waals surface area contributed by atoms with Gasteiger partial charge in [0.2, 0.25) is 0 Å². The van der Waals surface area contributed by atoms with Crippen LogP contribution in [0.5, 0.6) is 0 Å². The minimum atomic E-state index is -0.505. The third kappa shape index (κ3) is 2.52. The van der Waals surface area contributed by atoms with E-state index in [1.54, 1.807) is 30.3 Å². The smallest absolute Gasteiger partial charge is 0.408 e. The topological polar surface area (TPSA) is 52.2 Å². The normalized spacial score (nSPS) is 10.9. The summed E-state index contributed by atoms with van der Waals surface area (Å²) in [6.45, 7) is 2.05. The molecule has 1 heterocycles. The molecule has 0 bridgehead atoms. The Kier molecular flexibility index (Phi) is 3.44. The average molecular weight is 281 g/mol. The Bertz CT molecular complexity index is 840. The number of Topliss-reactive ketones (excluding diaryl/α,β-unsaturated/α-hetero) is 1. The van der Waals surface area contributed by atoms with Gasteiger partial charge >= 0.3 is 5.76 Å². The number of aromatic nitrogens is 1. The maximum atomic E-state index is 12.3. The molecule has 0 aliphatic rings. The zero-order valence-electron chi connectivity index (χ0n) is 11.7. The van der Waals surface area contributed by atoms with Crippen LogP contribution >= 0.6 is 0 Å². The predicted molar refractivity (Wildman–Crippen MR) is 80.6 cm³/mol. The molecule has 21 heavy (non-hydrogen) atoms. The van der Waals surface area contributed by atoms with E-state index in [1.807, 2.05) is 18.2 Å². The van der Waals surface area contributed by atoms with Crippen molar-refractivity contribution in [3.8, 4) is 0 Å². The average Bonchev–Trinajstić information content (AvgIpc) is 2.83. The van der Waals surface area contributed by atoms with Gasteiger partial charge in [0.1, 0.15) is 0 Å². The number of carbonyl (C=O) groups excluding carboxylic acids is 1. The Labute approximate surface area is 121 Å². The molecule has 0 aliphatic heterocycles. The van der Waals surface area contributed by atoms with E-state index < -0.39 is 5.76 Å². The van der Waals surface area contributed by atoms with Crippen molar-refractivity contribution in [2.75, 3.05) is 0 Å². The lowest BCUT2D eigenvalue weighted by molar-refractivity contribution is 0.0970. The highest BCUT2D eigenvalue weighted by molar-refractivity contribution is 5.96. The van der Waals surface area contributed by atoms with E-state index in [0.717, 1.165) is 6.42 Å². The molecule has 0 amide bonds. The molecule has 0 saturated heterocycles. The maximum absolute atomic E-state index is 12.3. The van der Waals surface area contributed by atoms with E-state index >= 15 is 0 Å². The van der Waals surface area contributed by atoms with Crippen LogP contribution in [0.3, 0.4) is 0 Å². The van der Waals surface area contributed by atoms with Gasteiger partial charge in [0.05, 0.1) is 12.1 Å². The third-order valence-electron chi connectivity index (χ3n) is 3.56. The van der Waals surface area contributed by atoms with Crippen LogP contribution in [0.25, 0.3) is 11.1 Å². The molecule has 0 N–H and O–H groups in total. The van der Waals surface area contributed by atoms with E-state index in [4.69, 9.17) is 4.42 Å². The van der Waals surface area contributed by atoms with Crippen LogP contribution in [0, 0.1) is 0 Å². The first kappa shape index (κ1) is 13.4. The standard InChI is InChI=1S/C17H15NO3/c1-2-12-7-9-13(10-8-12)15(19)11-18-14-5-3-4-6-16(14)21-17(18)20/h3-10H,2,11H2,1H3. The molecule has 0 saturated carbocycles. The minimum Gasteiger partial charge on any atom is -0.408 e. The summed E-state index contributed by atoms with van der Waals surface area (Å²) in [6.07, 6.45) is 0.931. The third-order valence-corrected chi connectivity index (χ3v) is 3.56. The number of rotatable bonds is 4. The van der Waals surface area contributed by atoms with E-state index in [2.05, 4.69) is 6.92 Å². The first-order valence-corrected chi connectivity index (χ1v) is 6.89. The van der Waals surface area contributed by atoms with Crippen LogP contribution in [-0.4, -0.2) is 10.4 Å². The number of fused-ring (bicyclic) bond motifs is 1. The zero-order chi connectivity index (χ0) is 14.8. The molecule has 3 rings (SSSR count). The summed E-state index contributed by atoms with van der Waals surface area (Å²) in [4.78, 5) is 24.2. The molecule has 0 unspecified atom stereocenters. The van der Waals surface area contributed by atoms with Gasteiger partial charge in [0.25, 0.3) is 0 Å². The quantitative estimate of drug-likeness (QED) is 0.691. The number of aryl methyl sites for hydroxylation is 1. The number of carbonyl (C=O) groups is 1. The predicted octanol–water partition coefficient (Wildman–Crippen LogP) is 3.04. The number of para-hydroxylation sites is 2. The number of benzene rings is 2. The van der Waals surface area contributed by atoms with Gasteiger partial charge in [-0.15, -0.1) is 0 Å². The molecule has 4 heteroatoms. The Hall–Kier alpha value is -2.62. The summed E-state index contributed by atoms with van der Waals surface area (Å²) >= 11 is 0. The lowest BCUT2D eigenvalue weighted by Crippen LogP contribution is -2.20. The Morgan fingerprint density at radius 2 is 1.81 bits per heavy atom. The van der Waals surface area contributed by atoms with Crippen molar-refractivity contribution in [2.24, 2.45) is 0 Å². The van der Waals surface area contributed by atoms with Gasteiger partial charge in [-0.3, -0.25) is 9.36 Å². The molecule has 3 aromatic rings. The van der Waals surface area contributed by atoms with Crippen LogP contribution < -0.4 is 5.76 Å². The lowest BCUT2D eigenvalue weighted by Gasteiger charge is -2.03. The van der Waals surface area contributed by atoms with E-state index in [1.165, 1.54) is 10.1 Å². The summed E-state index contributed by atoms with van der Waals surface area (Å²) in [5.74, 6) is -0.610. The van der Waals surface area contributed by atoms with Crippen LogP contribution in [0.2, 0.25) is 0 Å². The number of oxazole rings is 1. The van der Waals surface area contributed by atoms with Crippen molar-refractivity contribution in [2.45, 2.75) is 19.9 Å². The number of nitrogens with zero attached hydrogens (tertiary/aromatic N) is 1. The van der Waals surface area contributed by atoms with Gasteiger partial charge in [0, 0.05) is 5.56 Å². The van der Waals surface area contributed by atoms with Crippen molar-refractivity contribution in [1.82, 2.24) is 4.57 Å². The van der Waals surface area contributed by atoms with Crippen LogP contribution in [0.15, 0.2) is 57.7 Å². The first-order chi connectivity index (χ1) is 10.2. The fraction of sp³-hybridized carbons (Fsp3) is 0.176. The zero-order valence-corrected chi connectivity index (χ0v) is 11.7. The molecule has 1 aromatic heterocycles. The fourth-order valence-corrected chi connectivity index (χ4v) is 2.32. The highest BCUT2D eigenvalue weighted by Crippen LogP contribution is 2.13. The molecule has 0 fully saturated rings. The monoisotopic (exact) mass is 281 g/mol. The van der Waals surface area contributed by atoms with Crippen molar-refractivity contribution in [1.29, 1.82) is 0 Å². The summed E-state index contributed by atoms with van der Waals surface area (Å²) < 4.78 is 6.49. The Morgan fingerprint density at radius 1 is 1.10 bits per heavy atom. The van der Waals surface area contributed by atoms with Gasteiger partial charge in [-0.05, 0) is 24.1 Å². The summed E-state index contributed by atoms with van der Waals surface area (Å²) in [6, 6.07) is 14.6. The molecule has 4 nitrogen and oxygen atoms in total.